The standard InChI is InChI=1S/C16H17BrN2O2/c1-19(10-12-6-7-15(17)21-12)16(20)14-9-18-8-11-4-2-3-5-13(11)14/h2-7,14,18H,8-10H2,1H3. The van der Waals surface area contributed by atoms with E-state index < -0.39 is 0 Å². The molecule has 3 rings (SSSR count). The lowest BCUT2D eigenvalue weighted by Gasteiger charge is -2.29. The van der Waals surface area contributed by atoms with Gasteiger partial charge in [0.05, 0.1) is 12.5 Å². The van der Waals surface area contributed by atoms with Crippen LogP contribution in [-0.2, 0) is 17.9 Å². The van der Waals surface area contributed by atoms with Gasteiger partial charge in [-0.2, -0.15) is 0 Å². The van der Waals surface area contributed by atoms with Crippen LogP contribution in [0.3, 0.4) is 0 Å². The van der Waals surface area contributed by atoms with E-state index in [9.17, 15) is 4.79 Å². The summed E-state index contributed by atoms with van der Waals surface area (Å²) in [5, 5.41) is 3.32. The smallest absolute Gasteiger partial charge is 0.231 e. The third-order valence-electron chi connectivity index (χ3n) is 3.79. The molecule has 0 spiro atoms. The zero-order chi connectivity index (χ0) is 14.8. The Bertz CT molecular complexity index is 653. The first kappa shape index (κ1) is 14.4. The van der Waals surface area contributed by atoms with Crippen LogP contribution in [0.5, 0.6) is 0 Å². The molecular formula is C16H17BrN2O2. The van der Waals surface area contributed by atoms with E-state index in [0.717, 1.165) is 17.9 Å². The van der Waals surface area contributed by atoms with E-state index in [1.54, 1.807) is 4.90 Å². The van der Waals surface area contributed by atoms with Gasteiger partial charge in [0.1, 0.15) is 5.76 Å². The number of halogens is 1. The third-order valence-corrected chi connectivity index (χ3v) is 4.22. The number of nitrogens with one attached hydrogen (secondary N) is 1. The van der Waals surface area contributed by atoms with Crippen molar-refractivity contribution in [1.82, 2.24) is 10.2 Å². The van der Waals surface area contributed by atoms with Gasteiger partial charge in [-0.3, -0.25) is 4.79 Å². The number of amides is 1. The van der Waals surface area contributed by atoms with Crippen molar-refractivity contribution in [2.75, 3.05) is 13.6 Å². The second-order valence-corrected chi connectivity index (χ2v) is 6.06. The van der Waals surface area contributed by atoms with E-state index in [1.165, 1.54) is 5.56 Å². The minimum absolute atomic E-state index is 0.113. The summed E-state index contributed by atoms with van der Waals surface area (Å²) in [4.78, 5) is 14.4. The maximum Gasteiger partial charge on any atom is 0.231 e. The molecule has 1 aliphatic rings. The Balaban J connectivity index is 1.76. The van der Waals surface area contributed by atoms with Gasteiger partial charge in [0.25, 0.3) is 0 Å². The molecular weight excluding hydrogens is 332 g/mol. The normalized spacial score (nSPS) is 17.3. The Hall–Kier alpha value is -1.59. The second kappa shape index (κ2) is 6.03. The molecule has 0 fully saturated rings. The fraction of sp³-hybridized carbons (Fsp3) is 0.312. The quantitative estimate of drug-likeness (QED) is 0.927. The first-order valence-electron chi connectivity index (χ1n) is 6.93. The third kappa shape index (κ3) is 3.04. The van der Waals surface area contributed by atoms with Gasteiger partial charge in [-0.05, 0) is 39.2 Å². The SMILES string of the molecule is CN(Cc1ccc(Br)o1)C(=O)C1CNCc2ccccc21. The van der Waals surface area contributed by atoms with Gasteiger partial charge < -0.3 is 14.6 Å². The number of hydrogen-bond acceptors (Lipinski definition) is 3. The Labute approximate surface area is 132 Å². The van der Waals surface area contributed by atoms with Crippen molar-refractivity contribution in [2.45, 2.75) is 19.0 Å². The van der Waals surface area contributed by atoms with Crippen LogP contribution in [0, 0.1) is 0 Å². The summed E-state index contributed by atoms with van der Waals surface area (Å²) in [6.45, 7) is 1.99. The summed E-state index contributed by atoms with van der Waals surface area (Å²) in [6, 6.07) is 11.8. The summed E-state index contributed by atoms with van der Waals surface area (Å²) in [6.07, 6.45) is 0. The average Bonchev–Trinajstić information content (AvgIpc) is 2.91. The lowest BCUT2D eigenvalue weighted by Crippen LogP contribution is -2.39. The molecule has 1 N–H and O–H groups in total. The predicted octanol–water partition coefficient (Wildman–Crippen LogP) is 2.89. The fourth-order valence-corrected chi connectivity index (χ4v) is 3.07. The van der Waals surface area contributed by atoms with E-state index in [4.69, 9.17) is 4.42 Å². The van der Waals surface area contributed by atoms with Gasteiger partial charge in [0, 0.05) is 20.1 Å². The van der Waals surface area contributed by atoms with Crippen LogP contribution in [0.4, 0.5) is 0 Å². The van der Waals surface area contributed by atoms with Crippen molar-refractivity contribution >= 4 is 21.8 Å². The highest BCUT2D eigenvalue weighted by Crippen LogP contribution is 2.26. The first-order chi connectivity index (χ1) is 10.1. The highest BCUT2D eigenvalue weighted by atomic mass is 79.9. The van der Waals surface area contributed by atoms with E-state index in [1.807, 2.05) is 31.3 Å². The predicted molar refractivity (Wildman–Crippen MR) is 83.8 cm³/mol. The van der Waals surface area contributed by atoms with E-state index in [0.29, 0.717) is 17.8 Å². The van der Waals surface area contributed by atoms with E-state index >= 15 is 0 Å². The highest BCUT2D eigenvalue weighted by molar-refractivity contribution is 9.10. The number of carbonyl (C=O) groups is 1. The molecule has 0 saturated heterocycles. The van der Waals surface area contributed by atoms with Crippen molar-refractivity contribution in [3.05, 3.63) is 58.0 Å². The molecule has 2 aromatic rings. The van der Waals surface area contributed by atoms with Crippen LogP contribution in [0.25, 0.3) is 0 Å². The lowest BCUT2D eigenvalue weighted by atomic mass is 9.90. The van der Waals surface area contributed by atoms with Crippen molar-refractivity contribution < 1.29 is 9.21 Å². The largest absolute Gasteiger partial charge is 0.452 e. The summed E-state index contributed by atoms with van der Waals surface area (Å²) < 4.78 is 6.15. The Kier molecular flexibility index (Phi) is 4.12. The van der Waals surface area contributed by atoms with Crippen LogP contribution in [0.1, 0.15) is 22.8 Å². The maximum atomic E-state index is 12.7. The zero-order valence-corrected chi connectivity index (χ0v) is 13.4. The number of benzene rings is 1. The van der Waals surface area contributed by atoms with Crippen molar-refractivity contribution in [3.63, 3.8) is 0 Å². The molecule has 5 heteroatoms. The van der Waals surface area contributed by atoms with Crippen LogP contribution >= 0.6 is 15.9 Å². The molecule has 1 atom stereocenters. The van der Waals surface area contributed by atoms with E-state index in [-0.39, 0.29) is 11.8 Å². The average molecular weight is 349 g/mol. The molecule has 1 aromatic carbocycles. The van der Waals surface area contributed by atoms with Crippen molar-refractivity contribution in [2.24, 2.45) is 0 Å². The molecule has 1 amide bonds. The Morgan fingerprint density at radius 1 is 1.38 bits per heavy atom. The number of furan rings is 1. The number of carbonyl (C=O) groups excluding carboxylic acids is 1. The van der Waals surface area contributed by atoms with Crippen molar-refractivity contribution in [1.29, 1.82) is 0 Å². The number of nitrogens with zero attached hydrogens (tertiary/aromatic N) is 1. The van der Waals surface area contributed by atoms with Gasteiger partial charge in [0.2, 0.25) is 5.91 Å². The second-order valence-electron chi connectivity index (χ2n) is 5.28. The summed E-state index contributed by atoms with van der Waals surface area (Å²) in [5.41, 5.74) is 2.34. The molecule has 0 aliphatic carbocycles. The van der Waals surface area contributed by atoms with Crippen LogP contribution in [0.15, 0.2) is 45.5 Å². The molecule has 110 valence electrons. The van der Waals surface area contributed by atoms with Crippen LogP contribution < -0.4 is 5.32 Å². The zero-order valence-electron chi connectivity index (χ0n) is 11.8. The number of rotatable bonds is 3. The summed E-state index contributed by atoms with van der Waals surface area (Å²) in [5.74, 6) is 0.760. The molecule has 4 nitrogen and oxygen atoms in total. The minimum atomic E-state index is -0.127. The first-order valence-corrected chi connectivity index (χ1v) is 7.72. The van der Waals surface area contributed by atoms with E-state index in [2.05, 4.69) is 33.4 Å². The Morgan fingerprint density at radius 2 is 2.19 bits per heavy atom. The molecule has 0 bridgehead atoms. The molecule has 2 heterocycles. The molecule has 1 aliphatic heterocycles. The lowest BCUT2D eigenvalue weighted by molar-refractivity contribution is -0.132. The number of fused-ring (bicyclic) bond motifs is 1. The van der Waals surface area contributed by atoms with Gasteiger partial charge in [-0.15, -0.1) is 0 Å². The topological polar surface area (TPSA) is 45.5 Å². The maximum absolute atomic E-state index is 12.7. The van der Waals surface area contributed by atoms with Gasteiger partial charge in [0.15, 0.2) is 4.67 Å². The monoisotopic (exact) mass is 348 g/mol. The fourth-order valence-electron chi connectivity index (χ4n) is 2.73. The van der Waals surface area contributed by atoms with Crippen LogP contribution in [0.2, 0.25) is 0 Å². The highest BCUT2D eigenvalue weighted by Gasteiger charge is 2.28. The minimum Gasteiger partial charge on any atom is -0.452 e. The molecule has 21 heavy (non-hydrogen) atoms. The molecule has 0 saturated carbocycles. The van der Waals surface area contributed by atoms with Gasteiger partial charge >= 0.3 is 0 Å². The molecule has 0 radical (unpaired) electrons. The molecule has 1 aromatic heterocycles. The van der Waals surface area contributed by atoms with Crippen LogP contribution in [-0.4, -0.2) is 24.4 Å². The number of hydrogen-bond donors (Lipinski definition) is 1. The Morgan fingerprint density at radius 3 is 2.95 bits per heavy atom. The number of likely N-dealkylation sites (N-methyl/N-ethyl adjacent to an activating group) is 1. The van der Waals surface area contributed by atoms with Crippen molar-refractivity contribution in [3.8, 4) is 0 Å². The van der Waals surface area contributed by atoms with Gasteiger partial charge in [-0.25, -0.2) is 0 Å². The summed E-state index contributed by atoms with van der Waals surface area (Å²) in [7, 11) is 1.82. The van der Waals surface area contributed by atoms with Gasteiger partial charge in [-0.1, -0.05) is 24.3 Å². The summed E-state index contributed by atoms with van der Waals surface area (Å²) >= 11 is 3.28. The molecule has 1 unspecified atom stereocenters.